The largest absolute Gasteiger partial charge is 0.497 e. The lowest BCUT2D eigenvalue weighted by molar-refractivity contribution is 0.284. The summed E-state index contributed by atoms with van der Waals surface area (Å²) in [5.41, 5.74) is 4.92. The van der Waals surface area contributed by atoms with Crippen LogP contribution in [0.5, 0.6) is 11.5 Å². The minimum Gasteiger partial charge on any atom is -0.497 e. The second-order valence-corrected chi connectivity index (χ2v) is 12.8. The van der Waals surface area contributed by atoms with Crippen LogP contribution in [0.15, 0.2) is 42.5 Å². The van der Waals surface area contributed by atoms with Gasteiger partial charge < -0.3 is 9.47 Å². The molecule has 180 valence electrons. The van der Waals surface area contributed by atoms with Gasteiger partial charge in [-0.2, -0.15) is 0 Å². The van der Waals surface area contributed by atoms with Crippen LogP contribution in [0.25, 0.3) is 0 Å². The van der Waals surface area contributed by atoms with Crippen LogP contribution < -0.4 is 9.47 Å². The molecule has 0 aliphatic rings. The number of benzene rings is 2. The third kappa shape index (κ3) is 8.88. The van der Waals surface area contributed by atoms with Gasteiger partial charge in [-0.1, -0.05) is 94.4 Å². The van der Waals surface area contributed by atoms with Gasteiger partial charge in [-0.05, 0) is 69.0 Å². The average molecular weight is 441 g/mol. The van der Waals surface area contributed by atoms with E-state index in [1.165, 1.54) is 23.1 Å². The predicted octanol–water partition coefficient (Wildman–Crippen LogP) is 8.70. The number of hydrogen-bond donors (Lipinski definition) is 0. The van der Waals surface area contributed by atoms with E-state index in [4.69, 9.17) is 9.47 Å². The molecule has 0 unspecified atom stereocenters. The van der Waals surface area contributed by atoms with E-state index in [2.05, 4.69) is 106 Å². The Morgan fingerprint density at radius 3 is 1.25 bits per heavy atom. The second-order valence-electron chi connectivity index (χ2n) is 12.8. The van der Waals surface area contributed by atoms with Gasteiger partial charge in [-0.15, -0.1) is 0 Å². The molecular formula is C30H48O2. The van der Waals surface area contributed by atoms with Crippen molar-refractivity contribution in [1.29, 1.82) is 0 Å². The van der Waals surface area contributed by atoms with Crippen molar-refractivity contribution < 1.29 is 9.47 Å². The molecule has 0 bridgehead atoms. The van der Waals surface area contributed by atoms with Crippen LogP contribution in [0.2, 0.25) is 0 Å². The number of methoxy groups -OCH3 is 2. The van der Waals surface area contributed by atoms with Gasteiger partial charge in [-0.3, -0.25) is 0 Å². The standard InChI is InChI=1S/2C15H24O/c1-14(2,3)11-8-12(15(4,5)6)10-13(9-11)16-7;1-14(2,3)11-15(4,5)12-7-9-13(16-6)10-8-12/h8-10H,1-7H3;7-10H,11H2,1-6H3. The molecule has 0 fully saturated rings. The lowest BCUT2D eigenvalue weighted by Gasteiger charge is -2.33. The Bertz CT molecular complexity index is 806. The molecule has 0 amide bonds. The molecule has 0 saturated heterocycles. The fraction of sp³-hybridized carbons (Fsp3) is 0.600. The molecule has 0 saturated carbocycles. The van der Waals surface area contributed by atoms with E-state index in [0.29, 0.717) is 5.41 Å². The second kappa shape index (κ2) is 10.3. The monoisotopic (exact) mass is 440 g/mol. The first-order valence-corrected chi connectivity index (χ1v) is 11.7. The van der Waals surface area contributed by atoms with Crippen molar-refractivity contribution in [3.63, 3.8) is 0 Å². The van der Waals surface area contributed by atoms with Crippen molar-refractivity contribution in [3.05, 3.63) is 59.2 Å². The Hall–Kier alpha value is -1.96. The molecule has 2 aromatic rings. The summed E-state index contributed by atoms with van der Waals surface area (Å²) in [6.07, 6.45) is 1.17. The molecule has 2 nitrogen and oxygen atoms in total. The van der Waals surface area contributed by atoms with E-state index in [-0.39, 0.29) is 16.2 Å². The summed E-state index contributed by atoms with van der Waals surface area (Å²) in [6.45, 7) is 24.9. The summed E-state index contributed by atoms with van der Waals surface area (Å²) in [7, 11) is 3.43. The molecular weight excluding hydrogens is 392 g/mol. The number of hydrogen-bond acceptors (Lipinski definition) is 2. The van der Waals surface area contributed by atoms with Crippen LogP contribution in [-0.4, -0.2) is 14.2 Å². The first kappa shape index (κ1) is 28.1. The highest BCUT2D eigenvalue weighted by atomic mass is 16.5. The Morgan fingerprint density at radius 2 is 0.938 bits per heavy atom. The maximum absolute atomic E-state index is 5.39. The van der Waals surface area contributed by atoms with Crippen molar-refractivity contribution in [2.45, 2.75) is 98.8 Å². The van der Waals surface area contributed by atoms with E-state index in [0.717, 1.165) is 11.5 Å². The zero-order chi connectivity index (χ0) is 25.0. The minimum absolute atomic E-state index is 0.161. The SMILES string of the molecule is COc1cc(C(C)(C)C)cc(C(C)(C)C)c1.COc1ccc(C(C)(C)CC(C)(C)C)cc1. The molecule has 0 aliphatic heterocycles. The van der Waals surface area contributed by atoms with Crippen LogP contribution in [0, 0.1) is 5.41 Å². The van der Waals surface area contributed by atoms with Crippen LogP contribution in [0.1, 0.15) is 99.3 Å². The molecule has 0 radical (unpaired) electrons. The van der Waals surface area contributed by atoms with Gasteiger partial charge in [0, 0.05) is 0 Å². The van der Waals surface area contributed by atoms with Crippen molar-refractivity contribution in [2.75, 3.05) is 14.2 Å². The lowest BCUT2D eigenvalue weighted by Crippen LogP contribution is -2.24. The maximum atomic E-state index is 5.39. The number of rotatable bonds is 4. The summed E-state index contributed by atoms with van der Waals surface area (Å²) in [4.78, 5) is 0. The zero-order valence-electron chi connectivity index (χ0n) is 23.1. The molecule has 0 aromatic heterocycles. The topological polar surface area (TPSA) is 18.5 Å². The molecule has 0 heterocycles. The molecule has 2 heteroatoms. The molecule has 0 aliphatic carbocycles. The fourth-order valence-corrected chi connectivity index (χ4v) is 4.05. The highest BCUT2D eigenvalue weighted by Crippen LogP contribution is 2.36. The zero-order valence-corrected chi connectivity index (χ0v) is 23.1. The highest BCUT2D eigenvalue weighted by molar-refractivity contribution is 5.40. The Labute approximate surface area is 198 Å². The van der Waals surface area contributed by atoms with Crippen LogP contribution in [0.3, 0.4) is 0 Å². The van der Waals surface area contributed by atoms with Gasteiger partial charge in [0.15, 0.2) is 0 Å². The summed E-state index contributed by atoms with van der Waals surface area (Å²) in [6, 6.07) is 15.0. The maximum Gasteiger partial charge on any atom is 0.119 e. The number of ether oxygens (including phenoxy) is 2. The first-order chi connectivity index (χ1) is 14.4. The summed E-state index contributed by atoms with van der Waals surface area (Å²) in [5.74, 6) is 1.88. The lowest BCUT2D eigenvalue weighted by atomic mass is 9.72. The highest BCUT2D eigenvalue weighted by Gasteiger charge is 2.27. The Balaban J connectivity index is 0.000000320. The van der Waals surface area contributed by atoms with E-state index in [1.54, 1.807) is 14.2 Å². The fourth-order valence-electron chi connectivity index (χ4n) is 4.05. The summed E-state index contributed by atoms with van der Waals surface area (Å²) in [5, 5.41) is 0. The van der Waals surface area contributed by atoms with Gasteiger partial charge in [0.05, 0.1) is 14.2 Å². The van der Waals surface area contributed by atoms with E-state index in [1.807, 2.05) is 12.1 Å². The Morgan fingerprint density at radius 1 is 0.531 bits per heavy atom. The van der Waals surface area contributed by atoms with Crippen molar-refractivity contribution in [2.24, 2.45) is 5.41 Å². The molecule has 2 rings (SSSR count). The van der Waals surface area contributed by atoms with Crippen LogP contribution in [0.4, 0.5) is 0 Å². The predicted molar refractivity (Wildman–Crippen MR) is 140 cm³/mol. The van der Waals surface area contributed by atoms with Crippen LogP contribution >= 0.6 is 0 Å². The molecule has 0 spiro atoms. The smallest absolute Gasteiger partial charge is 0.119 e. The van der Waals surface area contributed by atoms with E-state index < -0.39 is 0 Å². The third-order valence-corrected chi connectivity index (χ3v) is 5.72. The summed E-state index contributed by atoms with van der Waals surface area (Å²) < 4.78 is 10.6. The molecule has 32 heavy (non-hydrogen) atoms. The first-order valence-electron chi connectivity index (χ1n) is 11.7. The van der Waals surface area contributed by atoms with Gasteiger partial charge in [0.1, 0.15) is 11.5 Å². The van der Waals surface area contributed by atoms with Gasteiger partial charge in [-0.25, -0.2) is 0 Å². The molecule has 0 N–H and O–H groups in total. The summed E-state index contributed by atoms with van der Waals surface area (Å²) >= 11 is 0. The van der Waals surface area contributed by atoms with Crippen LogP contribution in [-0.2, 0) is 16.2 Å². The van der Waals surface area contributed by atoms with E-state index >= 15 is 0 Å². The normalized spacial score (nSPS) is 12.7. The van der Waals surface area contributed by atoms with Gasteiger partial charge >= 0.3 is 0 Å². The molecule has 0 atom stereocenters. The quantitative estimate of drug-likeness (QED) is 0.473. The minimum atomic E-state index is 0.161. The van der Waals surface area contributed by atoms with Gasteiger partial charge in [0.2, 0.25) is 0 Å². The van der Waals surface area contributed by atoms with Crippen molar-refractivity contribution in [3.8, 4) is 11.5 Å². The van der Waals surface area contributed by atoms with Gasteiger partial charge in [0.25, 0.3) is 0 Å². The Kier molecular flexibility index (Phi) is 9.05. The van der Waals surface area contributed by atoms with E-state index in [9.17, 15) is 0 Å². The average Bonchev–Trinajstić information content (AvgIpc) is 2.65. The van der Waals surface area contributed by atoms with Crippen molar-refractivity contribution in [1.82, 2.24) is 0 Å². The third-order valence-electron chi connectivity index (χ3n) is 5.72. The van der Waals surface area contributed by atoms with Crippen molar-refractivity contribution >= 4 is 0 Å². The molecule has 2 aromatic carbocycles.